The van der Waals surface area contributed by atoms with Gasteiger partial charge in [0.25, 0.3) is 5.91 Å². The summed E-state index contributed by atoms with van der Waals surface area (Å²) in [6.45, 7) is 0.220. The van der Waals surface area contributed by atoms with E-state index in [4.69, 9.17) is 5.73 Å². The number of anilines is 1. The lowest BCUT2D eigenvalue weighted by molar-refractivity contribution is 0.0944. The van der Waals surface area contributed by atoms with Crippen LogP contribution in [0.15, 0.2) is 4.63 Å². The molecule has 0 unspecified atom stereocenters. The highest BCUT2D eigenvalue weighted by Crippen LogP contribution is 2.02. The van der Waals surface area contributed by atoms with Crippen molar-refractivity contribution in [3.63, 3.8) is 0 Å². The molecular formula is C7H12N4O4S. The average molecular weight is 248 g/mol. The molecule has 0 aliphatic carbocycles. The minimum atomic E-state index is -3.01. The second-order valence-electron chi connectivity index (χ2n) is 3.24. The van der Waals surface area contributed by atoms with Gasteiger partial charge < -0.3 is 11.1 Å². The molecule has 0 aromatic carbocycles. The summed E-state index contributed by atoms with van der Waals surface area (Å²) in [5, 5.41) is 8.99. The predicted octanol–water partition coefficient (Wildman–Crippen LogP) is -1.18. The summed E-state index contributed by atoms with van der Waals surface area (Å²) >= 11 is 0. The number of carbonyl (C=O) groups excluding carboxylic acids is 1. The monoisotopic (exact) mass is 248 g/mol. The number of aromatic nitrogens is 2. The van der Waals surface area contributed by atoms with Crippen LogP contribution in [0, 0.1) is 0 Å². The molecule has 0 aliphatic rings. The van der Waals surface area contributed by atoms with Crippen molar-refractivity contribution in [3.05, 3.63) is 5.69 Å². The van der Waals surface area contributed by atoms with E-state index < -0.39 is 15.7 Å². The first-order valence-electron chi connectivity index (χ1n) is 4.44. The zero-order valence-corrected chi connectivity index (χ0v) is 9.45. The molecule has 0 bridgehead atoms. The van der Waals surface area contributed by atoms with E-state index in [-0.39, 0.29) is 23.8 Å². The van der Waals surface area contributed by atoms with Crippen LogP contribution in [0.25, 0.3) is 0 Å². The van der Waals surface area contributed by atoms with Crippen molar-refractivity contribution in [2.45, 2.75) is 6.42 Å². The van der Waals surface area contributed by atoms with Crippen LogP contribution in [-0.2, 0) is 9.84 Å². The Morgan fingerprint density at radius 2 is 2.19 bits per heavy atom. The van der Waals surface area contributed by atoms with Gasteiger partial charge in [-0.05, 0) is 16.7 Å². The highest BCUT2D eigenvalue weighted by Gasteiger charge is 2.15. The summed E-state index contributed by atoms with van der Waals surface area (Å²) in [5.41, 5.74) is 5.19. The van der Waals surface area contributed by atoms with Crippen molar-refractivity contribution in [3.8, 4) is 0 Å². The summed E-state index contributed by atoms with van der Waals surface area (Å²) in [6.07, 6.45) is 1.46. The Hall–Kier alpha value is -1.64. The number of hydrogen-bond donors (Lipinski definition) is 2. The molecule has 0 aliphatic heterocycles. The Bertz CT molecular complexity index is 466. The number of hydrogen-bond acceptors (Lipinski definition) is 7. The standard InChI is InChI=1S/C7H12N4O4S/c1-16(13,14)4-2-3-9-7(12)5-6(8)11-15-10-5/h2-4H2,1H3,(H2,8,11)(H,9,12). The number of rotatable bonds is 5. The van der Waals surface area contributed by atoms with E-state index in [9.17, 15) is 13.2 Å². The zero-order valence-electron chi connectivity index (χ0n) is 8.63. The molecule has 3 N–H and O–H groups in total. The van der Waals surface area contributed by atoms with Crippen LogP contribution in [0.1, 0.15) is 16.9 Å². The van der Waals surface area contributed by atoms with Crippen LogP contribution in [0.2, 0.25) is 0 Å². The van der Waals surface area contributed by atoms with E-state index in [0.29, 0.717) is 6.42 Å². The third kappa shape index (κ3) is 3.85. The topological polar surface area (TPSA) is 128 Å². The molecule has 1 heterocycles. The van der Waals surface area contributed by atoms with Gasteiger partial charge in [0.1, 0.15) is 9.84 Å². The second-order valence-corrected chi connectivity index (χ2v) is 5.50. The second kappa shape index (κ2) is 4.92. The lowest BCUT2D eigenvalue weighted by Gasteiger charge is -2.01. The summed E-state index contributed by atoms with van der Waals surface area (Å²) in [4.78, 5) is 11.3. The molecule has 0 spiro atoms. The van der Waals surface area contributed by atoms with Crippen LogP contribution < -0.4 is 11.1 Å². The van der Waals surface area contributed by atoms with Crippen molar-refractivity contribution < 1.29 is 17.8 Å². The fourth-order valence-corrected chi connectivity index (χ4v) is 1.64. The SMILES string of the molecule is CS(=O)(=O)CCCNC(=O)c1nonc1N. The Labute approximate surface area is 92.1 Å². The quantitative estimate of drug-likeness (QED) is 0.627. The Kier molecular flexibility index (Phi) is 3.82. The molecule has 0 saturated carbocycles. The van der Waals surface area contributed by atoms with Crippen LogP contribution in [-0.4, -0.2) is 43.2 Å². The van der Waals surface area contributed by atoms with E-state index in [1.807, 2.05) is 0 Å². The first-order valence-corrected chi connectivity index (χ1v) is 6.50. The average Bonchev–Trinajstić information content (AvgIpc) is 2.57. The summed E-state index contributed by atoms with van der Waals surface area (Å²) in [7, 11) is -3.01. The van der Waals surface area contributed by atoms with Gasteiger partial charge in [-0.2, -0.15) is 0 Å². The van der Waals surface area contributed by atoms with E-state index in [1.54, 1.807) is 0 Å². The van der Waals surface area contributed by atoms with Crippen LogP contribution in [0.4, 0.5) is 5.82 Å². The van der Waals surface area contributed by atoms with Crippen molar-refractivity contribution in [2.75, 3.05) is 24.3 Å². The van der Waals surface area contributed by atoms with E-state index >= 15 is 0 Å². The molecule has 0 atom stereocenters. The van der Waals surface area contributed by atoms with Crippen LogP contribution in [0.3, 0.4) is 0 Å². The Morgan fingerprint density at radius 3 is 2.69 bits per heavy atom. The summed E-state index contributed by atoms with van der Waals surface area (Å²) in [5.74, 6) is -0.618. The van der Waals surface area contributed by atoms with Crippen molar-refractivity contribution in [2.24, 2.45) is 0 Å². The number of nitrogen functional groups attached to an aromatic ring is 1. The fourth-order valence-electron chi connectivity index (χ4n) is 0.973. The molecule has 8 nitrogen and oxygen atoms in total. The van der Waals surface area contributed by atoms with E-state index in [1.165, 1.54) is 0 Å². The van der Waals surface area contributed by atoms with Gasteiger partial charge >= 0.3 is 0 Å². The van der Waals surface area contributed by atoms with Gasteiger partial charge in [0.05, 0.1) is 5.75 Å². The summed E-state index contributed by atoms with van der Waals surface area (Å²) in [6, 6.07) is 0. The molecule has 1 aromatic heterocycles. The van der Waals surface area contributed by atoms with Gasteiger partial charge in [-0.1, -0.05) is 0 Å². The normalized spacial score (nSPS) is 11.3. The van der Waals surface area contributed by atoms with Crippen molar-refractivity contribution in [1.82, 2.24) is 15.6 Å². The van der Waals surface area contributed by atoms with Gasteiger partial charge in [-0.3, -0.25) is 4.79 Å². The molecule has 16 heavy (non-hydrogen) atoms. The van der Waals surface area contributed by atoms with Gasteiger partial charge in [-0.15, -0.1) is 0 Å². The Morgan fingerprint density at radius 1 is 1.50 bits per heavy atom. The molecule has 1 rings (SSSR count). The maximum atomic E-state index is 11.3. The maximum Gasteiger partial charge on any atom is 0.277 e. The predicted molar refractivity (Wildman–Crippen MR) is 55.4 cm³/mol. The lowest BCUT2D eigenvalue weighted by Crippen LogP contribution is -2.26. The minimum absolute atomic E-state index is 0.0137. The smallest absolute Gasteiger partial charge is 0.277 e. The van der Waals surface area contributed by atoms with Gasteiger partial charge in [-0.25, -0.2) is 13.0 Å². The zero-order chi connectivity index (χ0) is 12.2. The maximum absolute atomic E-state index is 11.3. The first-order chi connectivity index (χ1) is 7.40. The third-order valence-corrected chi connectivity index (χ3v) is 2.74. The van der Waals surface area contributed by atoms with Gasteiger partial charge in [0.2, 0.25) is 11.5 Å². The molecule has 9 heteroatoms. The van der Waals surface area contributed by atoms with Crippen molar-refractivity contribution in [1.29, 1.82) is 0 Å². The number of amides is 1. The third-order valence-electron chi connectivity index (χ3n) is 1.71. The molecule has 1 amide bonds. The number of nitrogens with one attached hydrogen (secondary N) is 1. The molecule has 0 saturated heterocycles. The largest absolute Gasteiger partial charge is 0.379 e. The van der Waals surface area contributed by atoms with Gasteiger partial charge in [0.15, 0.2) is 0 Å². The lowest BCUT2D eigenvalue weighted by atomic mass is 10.4. The highest BCUT2D eigenvalue weighted by atomic mass is 32.2. The summed E-state index contributed by atoms with van der Waals surface area (Å²) < 4.78 is 25.8. The van der Waals surface area contributed by atoms with Crippen LogP contribution >= 0.6 is 0 Å². The minimum Gasteiger partial charge on any atom is -0.379 e. The molecule has 0 radical (unpaired) electrons. The number of nitrogens with two attached hydrogens (primary N) is 1. The fraction of sp³-hybridized carbons (Fsp3) is 0.571. The molecule has 1 aromatic rings. The molecule has 0 fully saturated rings. The van der Waals surface area contributed by atoms with Crippen LogP contribution in [0.5, 0.6) is 0 Å². The number of carbonyl (C=O) groups is 1. The Balaban J connectivity index is 2.35. The van der Waals surface area contributed by atoms with Gasteiger partial charge in [0, 0.05) is 12.8 Å². The molecular weight excluding hydrogens is 236 g/mol. The highest BCUT2D eigenvalue weighted by molar-refractivity contribution is 7.90. The molecule has 90 valence electrons. The van der Waals surface area contributed by atoms with E-state index in [0.717, 1.165) is 6.26 Å². The van der Waals surface area contributed by atoms with Crippen molar-refractivity contribution >= 4 is 21.6 Å². The number of nitrogens with zero attached hydrogens (tertiary/aromatic N) is 2. The number of sulfone groups is 1. The first kappa shape index (κ1) is 12.4. The van der Waals surface area contributed by atoms with E-state index in [2.05, 4.69) is 20.3 Å².